The molecule has 1 N–H and O–H groups in total. The maximum atomic E-state index is 13.1. The molecule has 4 rings (SSSR count). The average molecular weight is 555 g/mol. The fraction of sp³-hybridized carbons (Fsp3) is 0.259. The summed E-state index contributed by atoms with van der Waals surface area (Å²) in [6.07, 6.45) is 0. The zero-order valence-electron chi connectivity index (χ0n) is 20.5. The molecule has 0 atom stereocenters. The lowest BCUT2D eigenvalue weighted by Gasteiger charge is -2.17. The van der Waals surface area contributed by atoms with E-state index in [-0.39, 0.29) is 5.91 Å². The van der Waals surface area contributed by atoms with E-state index in [9.17, 15) is 4.79 Å². The number of anilines is 1. The van der Waals surface area contributed by atoms with E-state index in [1.54, 1.807) is 37.4 Å². The van der Waals surface area contributed by atoms with Crippen molar-refractivity contribution in [1.82, 2.24) is 4.98 Å². The minimum Gasteiger partial charge on any atom is -0.496 e. The molecule has 0 saturated carbocycles. The average Bonchev–Trinajstić information content (AvgIpc) is 3.29. The molecule has 1 heterocycles. The summed E-state index contributed by atoms with van der Waals surface area (Å²) in [4.78, 5) is 17.7. The summed E-state index contributed by atoms with van der Waals surface area (Å²) >= 11 is 3.48. The SMILES string of the molecule is CCOc1cc(C(=O)Nc2ccc3oc(-c4ccc(OC)c(Br)c4)nc3c2)cc(OCC)c1OCC. The van der Waals surface area contributed by atoms with Crippen molar-refractivity contribution in [3.63, 3.8) is 0 Å². The van der Waals surface area contributed by atoms with Crippen LogP contribution in [0, 0.1) is 0 Å². The topological polar surface area (TPSA) is 92.1 Å². The van der Waals surface area contributed by atoms with Gasteiger partial charge in [0.2, 0.25) is 11.6 Å². The van der Waals surface area contributed by atoms with Crippen molar-refractivity contribution in [3.8, 4) is 34.5 Å². The Balaban J connectivity index is 1.61. The number of hydrogen-bond donors (Lipinski definition) is 1. The Morgan fingerprint density at radius 3 is 2.22 bits per heavy atom. The fourth-order valence-corrected chi connectivity index (χ4v) is 4.19. The lowest BCUT2D eigenvalue weighted by Crippen LogP contribution is -2.13. The lowest BCUT2D eigenvalue weighted by atomic mass is 10.1. The summed E-state index contributed by atoms with van der Waals surface area (Å²) < 4.78 is 29.2. The lowest BCUT2D eigenvalue weighted by molar-refractivity contribution is 0.102. The molecule has 188 valence electrons. The normalized spacial score (nSPS) is 10.8. The minimum atomic E-state index is -0.317. The molecular formula is C27H27BrN2O6. The molecule has 0 aliphatic carbocycles. The zero-order chi connectivity index (χ0) is 25.7. The van der Waals surface area contributed by atoms with E-state index in [4.69, 9.17) is 23.4 Å². The van der Waals surface area contributed by atoms with Crippen molar-refractivity contribution in [2.45, 2.75) is 20.8 Å². The summed E-state index contributed by atoms with van der Waals surface area (Å²) in [5, 5.41) is 2.92. The molecule has 36 heavy (non-hydrogen) atoms. The quantitative estimate of drug-likeness (QED) is 0.232. The number of nitrogens with one attached hydrogen (secondary N) is 1. The van der Waals surface area contributed by atoms with Gasteiger partial charge in [-0.1, -0.05) is 0 Å². The van der Waals surface area contributed by atoms with Crippen molar-refractivity contribution >= 4 is 38.6 Å². The number of halogens is 1. The molecule has 0 saturated heterocycles. The highest BCUT2D eigenvalue weighted by atomic mass is 79.9. The van der Waals surface area contributed by atoms with E-state index in [1.165, 1.54) is 0 Å². The molecule has 0 spiro atoms. The minimum absolute atomic E-state index is 0.317. The number of amides is 1. The first-order chi connectivity index (χ1) is 17.5. The molecule has 4 aromatic rings. The van der Waals surface area contributed by atoms with Crippen molar-refractivity contribution in [2.24, 2.45) is 0 Å². The number of nitrogens with zero attached hydrogens (tertiary/aromatic N) is 1. The van der Waals surface area contributed by atoms with Gasteiger partial charge in [-0.15, -0.1) is 0 Å². The van der Waals surface area contributed by atoms with Crippen LogP contribution in [0.1, 0.15) is 31.1 Å². The van der Waals surface area contributed by atoms with E-state index in [0.29, 0.717) is 71.1 Å². The van der Waals surface area contributed by atoms with Gasteiger partial charge in [-0.05, 0) is 85.2 Å². The standard InChI is InChI=1S/C27H27BrN2O6/c1-5-33-23-13-17(14-24(34-6-2)25(23)35-7-3)26(31)29-18-9-11-22-20(15-18)30-27(36-22)16-8-10-21(32-4)19(28)12-16/h8-15H,5-7H2,1-4H3,(H,29,31). The van der Waals surface area contributed by atoms with Crippen molar-refractivity contribution in [2.75, 3.05) is 32.2 Å². The molecule has 0 fully saturated rings. The Labute approximate surface area is 217 Å². The van der Waals surface area contributed by atoms with Gasteiger partial charge >= 0.3 is 0 Å². The summed E-state index contributed by atoms with van der Waals surface area (Å²) in [7, 11) is 1.61. The van der Waals surface area contributed by atoms with E-state index < -0.39 is 0 Å². The number of ether oxygens (including phenoxy) is 4. The van der Waals surface area contributed by atoms with Gasteiger partial charge in [0.25, 0.3) is 5.91 Å². The summed E-state index contributed by atoms with van der Waals surface area (Å²) in [5.74, 6) is 2.26. The Hall–Kier alpha value is -3.72. The fourth-order valence-electron chi connectivity index (χ4n) is 3.65. The highest BCUT2D eigenvalue weighted by molar-refractivity contribution is 9.10. The van der Waals surface area contributed by atoms with Gasteiger partial charge in [-0.3, -0.25) is 4.79 Å². The Morgan fingerprint density at radius 2 is 1.61 bits per heavy atom. The first-order valence-corrected chi connectivity index (χ1v) is 12.4. The van der Waals surface area contributed by atoms with Gasteiger partial charge in [0.05, 0.1) is 31.4 Å². The van der Waals surface area contributed by atoms with Crippen LogP contribution in [0.2, 0.25) is 0 Å². The summed E-state index contributed by atoms with van der Waals surface area (Å²) in [5.41, 5.74) is 2.98. The van der Waals surface area contributed by atoms with Crippen LogP contribution in [-0.2, 0) is 0 Å². The second-order valence-corrected chi connectivity index (χ2v) is 8.46. The number of carbonyl (C=O) groups excluding carboxylic acids is 1. The van der Waals surface area contributed by atoms with Crippen molar-refractivity contribution in [3.05, 3.63) is 58.6 Å². The van der Waals surface area contributed by atoms with Gasteiger partial charge in [-0.2, -0.15) is 0 Å². The predicted molar refractivity (Wildman–Crippen MR) is 142 cm³/mol. The number of hydrogen-bond acceptors (Lipinski definition) is 7. The second-order valence-electron chi connectivity index (χ2n) is 7.61. The van der Waals surface area contributed by atoms with Gasteiger partial charge in [-0.25, -0.2) is 4.98 Å². The van der Waals surface area contributed by atoms with Crippen LogP contribution in [-0.4, -0.2) is 37.8 Å². The van der Waals surface area contributed by atoms with Crippen LogP contribution in [0.15, 0.2) is 57.4 Å². The number of methoxy groups -OCH3 is 1. The van der Waals surface area contributed by atoms with Crippen LogP contribution in [0.4, 0.5) is 5.69 Å². The van der Waals surface area contributed by atoms with Crippen molar-refractivity contribution in [1.29, 1.82) is 0 Å². The Bertz CT molecular complexity index is 1360. The molecule has 8 nitrogen and oxygen atoms in total. The number of benzene rings is 3. The highest BCUT2D eigenvalue weighted by Gasteiger charge is 2.19. The highest BCUT2D eigenvalue weighted by Crippen LogP contribution is 2.39. The molecule has 1 aromatic heterocycles. The van der Waals surface area contributed by atoms with Crippen LogP contribution < -0.4 is 24.3 Å². The predicted octanol–water partition coefficient (Wildman–Crippen LogP) is 6.71. The molecule has 9 heteroatoms. The van der Waals surface area contributed by atoms with Gasteiger partial charge in [0.1, 0.15) is 11.3 Å². The van der Waals surface area contributed by atoms with Gasteiger partial charge < -0.3 is 28.7 Å². The van der Waals surface area contributed by atoms with E-state index in [2.05, 4.69) is 26.2 Å². The molecule has 0 radical (unpaired) electrons. The molecule has 0 unspecified atom stereocenters. The van der Waals surface area contributed by atoms with Crippen LogP contribution in [0.5, 0.6) is 23.0 Å². The van der Waals surface area contributed by atoms with E-state index >= 15 is 0 Å². The van der Waals surface area contributed by atoms with Crippen LogP contribution >= 0.6 is 15.9 Å². The molecule has 0 aliphatic rings. The molecular weight excluding hydrogens is 528 g/mol. The smallest absolute Gasteiger partial charge is 0.255 e. The molecule has 3 aromatic carbocycles. The van der Waals surface area contributed by atoms with Crippen LogP contribution in [0.3, 0.4) is 0 Å². The summed E-state index contributed by atoms with van der Waals surface area (Å²) in [6, 6.07) is 14.2. The number of oxazole rings is 1. The number of carbonyl (C=O) groups is 1. The van der Waals surface area contributed by atoms with Gasteiger partial charge in [0, 0.05) is 16.8 Å². The number of aromatic nitrogens is 1. The molecule has 0 aliphatic heterocycles. The molecule has 1 amide bonds. The Kier molecular flexibility index (Phi) is 8.00. The Morgan fingerprint density at radius 1 is 0.917 bits per heavy atom. The van der Waals surface area contributed by atoms with E-state index in [1.807, 2.05) is 39.0 Å². The first-order valence-electron chi connectivity index (χ1n) is 11.6. The van der Waals surface area contributed by atoms with E-state index in [0.717, 1.165) is 10.0 Å². The molecule has 0 bridgehead atoms. The second kappa shape index (κ2) is 11.3. The van der Waals surface area contributed by atoms with Crippen molar-refractivity contribution < 1.29 is 28.2 Å². The zero-order valence-corrected chi connectivity index (χ0v) is 22.1. The maximum absolute atomic E-state index is 13.1. The number of rotatable bonds is 10. The first kappa shape index (κ1) is 25.4. The van der Waals surface area contributed by atoms with Gasteiger partial charge in [0.15, 0.2) is 17.1 Å². The maximum Gasteiger partial charge on any atom is 0.255 e. The van der Waals surface area contributed by atoms with Crippen LogP contribution in [0.25, 0.3) is 22.6 Å². The largest absolute Gasteiger partial charge is 0.496 e. The monoisotopic (exact) mass is 554 g/mol. The summed E-state index contributed by atoms with van der Waals surface area (Å²) in [6.45, 7) is 6.91. The third kappa shape index (κ3) is 5.41. The third-order valence-electron chi connectivity index (χ3n) is 5.22. The third-order valence-corrected chi connectivity index (χ3v) is 5.84. The number of fused-ring (bicyclic) bond motifs is 1.